The van der Waals surface area contributed by atoms with Crippen LogP contribution >= 0.6 is 0 Å². The topological polar surface area (TPSA) is 127 Å². The summed E-state index contributed by atoms with van der Waals surface area (Å²) in [6, 6.07) is 16.1. The molecule has 3 aromatic rings. The molecular formula is C26H30N4O5. The lowest BCUT2D eigenvalue weighted by Gasteiger charge is -2.23. The third-order valence-electron chi connectivity index (χ3n) is 5.60. The molecule has 0 aliphatic rings. The van der Waals surface area contributed by atoms with Gasteiger partial charge in [-0.05, 0) is 35.6 Å². The molecule has 1 aromatic heterocycles. The van der Waals surface area contributed by atoms with Crippen molar-refractivity contribution < 1.29 is 14.3 Å². The molecule has 0 unspecified atom stereocenters. The number of hydrogen-bond donors (Lipinski definition) is 2. The lowest BCUT2D eigenvalue weighted by Crippen LogP contribution is -2.42. The minimum Gasteiger partial charge on any atom is -0.452 e. The van der Waals surface area contributed by atoms with E-state index in [1.165, 1.54) is 4.57 Å². The number of benzene rings is 2. The first-order valence-electron chi connectivity index (χ1n) is 11.3. The number of rotatable bonds is 7. The number of hydrogen-bond acceptors (Lipinski definition) is 6. The second-order valence-corrected chi connectivity index (χ2v) is 9.11. The Morgan fingerprint density at radius 3 is 2.23 bits per heavy atom. The molecule has 0 spiro atoms. The predicted molar refractivity (Wildman–Crippen MR) is 135 cm³/mol. The van der Waals surface area contributed by atoms with Crippen molar-refractivity contribution in [3.63, 3.8) is 0 Å². The summed E-state index contributed by atoms with van der Waals surface area (Å²) in [7, 11) is 0. The number of aromatic nitrogens is 2. The van der Waals surface area contributed by atoms with Gasteiger partial charge in [0.2, 0.25) is 0 Å². The smallest absolute Gasteiger partial charge is 0.338 e. The second-order valence-electron chi connectivity index (χ2n) is 9.11. The third kappa shape index (κ3) is 5.87. The molecule has 1 amide bonds. The molecule has 35 heavy (non-hydrogen) atoms. The molecule has 0 atom stereocenters. The molecule has 0 fully saturated rings. The van der Waals surface area contributed by atoms with Crippen LogP contribution in [0.2, 0.25) is 0 Å². The zero-order valence-corrected chi connectivity index (χ0v) is 20.3. The largest absolute Gasteiger partial charge is 0.452 e. The number of nitrogens with one attached hydrogen (secondary N) is 1. The minimum absolute atomic E-state index is 0.0654. The number of nitrogen functional groups attached to an aromatic ring is 1. The van der Waals surface area contributed by atoms with Crippen molar-refractivity contribution in [2.24, 2.45) is 0 Å². The summed E-state index contributed by atoms with van der Waals surface area (Å²) in [5, 5.41) is 0. The second kappa shape index (κ2) is 10.4. The Morgan fingerprint density at radius 1 is 1.03 bits per heavy atom. The monoisotopic (exact) mass is 478 g/mol. The predicted octanol–water partition coefficient (Wildman–Crippen LogP) is 2.67. The van der Waals surface area contributed by atoms with Gasteiger partial charge >= 0.3 is 11.7 Å². The van der Waals surface area contributed by atoms with E-state index in [2.05, 4.69) is 25.8 Å². The zero-order chi connectivity index (χ0) is 25.8. The fourth-order valence-electron chi connectivity index (χ4n) is 3.62. The van der Waals surface area contributed by atoms with Crippen LogP contribution in [0, 0.1) is 0 Å². The van der Waals surface area contributed by atoms with Gasteiger partial charge in [-0.3, -0.25) is 19.1 Å². The summed E-state index contributed by atoms with van der Waals surface area (Å²) in [6.07, 6.45) is 0. The van der Waals surface area contributed by atoms with Gasteiger partial charge in [-0.2, -0.15) is 0 Å². The maximum absolute atomic E-state index is 12.9. The van der Waals surface area contributed by atoms with Crippen molar-refractivity contribution in [2.75, 3.05) is 23.8 Å². The summed E-state index contributed by atoms with van der Waals surface area (Å²) in [5.41, 5.74) is 6.63. The molecule has 3 rings (SSSR count). The summed E-state index contributed by atoms with van der Waals surface area (Å²) < 4.78 is 6.38. The van der Waals surface area contributed by atoms with Crippen LogP contribution in [0.4, 0.5) is 11.5 Å². The van der Waals surface area contributed by atoms with Crippen molar-refractivity contribution in [3.05, 3.63) is 92.1 Å². The van der Waals surface area contributed by atoms with Gasteiger partial charge in [0.25, 0.3) is 11.5 Å². The Bertz CT molecular complexity index is 1320. The number of ether oxygens (including phenoxy) is 1. The Hall–Kier alpha value is -4.14. The Kier molecular flexibility index (Phi) is 7.58. The molecule has 0 aliphatic carbocycles. The first kappa shape index (κ1) is 25.5. The molecule has 1 heterocycles. The van der Waals surface area contributed by atoms with Crippen molar-refractivity contribution in [2.45, 2.75) is 39.7 Å². The molecule has 0 aliphatic heterocycles. The molecule has 9 nitrogen and oxygen atoms in total. The normalized spacial score (nSPS) is 11.2. The first-order chi connectivity index (χ1) is 16.5. The third-order valence-corrected chi connectivity index (χ3v) is 5.60. The molecule has 0 saturated heterocycles. The highest BCUT2D eigenvalue weighted by molar-refractivity contribution is 5.98. The van der Waals surface area contributed by atoms with Gasteiger partial charge in [-0.25, -0.2) is 9.59 Å². The molecule has 0 saturated carbocycles. The summed E-state index contributed by atoms with van der Waals surface area (Å²) in [4.78, 5) is 53.7. The quantitative estimate of drug-likeness (QED) is 0.503. The highest BCUT2D eigenvalue weighted by Crippen LogP contribution is 2.22. The van der Waals surface area contributed by atoms with Gasteiger partial charge in [0, 0.05) is 6.54 Å². The molecular weight excluding hydrogens is 448 g/mol. The van der Waals surface area contributed by atoms with E-state index >= 15 is 0 Å². The van der Waals surface area contributed by atoms with E-state index in [4.69, 9.17) is 10.5 Å². The van der Waals surface area contributed by atoms with Crippen LogP contribution in [0.3, 0.4) is 0 Å². The molecule has 0 radical (unpaired) electrons. The van der Waals surface area contributed by atoms with Gasteiger partial charge in [-0.15, -0.1) is 0 Å². The van der Waals surface area contributed by atoms with E-state index < -0.39 is 29.7 Å². The van der Waals surface area contributed by atoms with Crippen molar-refractivity contribution in [1.82, 2.24) is 9.55 Å². The fraction of sp³-hybridized carbons (Fsp3) is 0.308. The molecule has 2 aromatic carbocycles. The van der Waals surface area contributed by atoms with E-state index in [9.17, 15) is 19.2 Å². The maximum atomic E-state index is 12.9. The number of likely N-dealkylation sites (N-methyl/N-ethyl adjacent to an activating group) is 1. The average Bonchev–Trinajstić information content (AvgIpc) is 2.82. The highest BCUT2D eigenvalue weighted by Gasteiger charge is 2.24. The van der Waals surface area contributed by atoms with Crippen LogP contribution < -0.4 is 21.9 Å². The molecule has 184 valence electrons. The summed E-state index contributed by atoms with van der Waals surface area (Å²) in [6.45, 7) is 7.44. The standard InChI is InChI=1S/C26H30N4O5/c1-5-29(20(31)16-35-24(33)18-11-13-19(14-12-18)26(2,3)4)21-22(27)30(25(34)28-23(21)32)15-17-9-7-6-8-10-17/h6-14H,5,15-16,27H2,1-4H3,(H,28,32,34). The first-order valence-corrected chi connectivity index (χ1v) is 11.3. The number of nitrogens with zero attached hydrogens (tertiary/aromatic N) is 2. The van der Waals surface area contributed by atoms with Crippen molar-refractivity contribution in [3.8, 4) is 0 Å². The van der Waals surface area contributed by atoms with Gasteiger partial charge < -0.3 is 15.4 Å². The van der Waals surface area contributed by atoms with Crippen LogP contribution in [0.5, 0.6) is 0 Å². The van der Waals surface area contributed by atoms with Gasteiger partial charge in [-0.1, -0.05) is 63.2 Å². The lowest BCUT2D eigenvalue weighted by atomic mass is 9.87. The van der Waals surface area contributed by atoms with Gasteiger partial charge in [0.15, 0.2) is 12.3 Å². The number of amides is 1. The van der Waals surface area contributed by atoms with Crippen molar-refractivity contribution >= 4 is 23.4 Å². The Labute approximate surface area is 203 Å². The van der Waals surface area contributed by atoms with Gasteiger partial charge in [0.05, 0.1) is 12.1 Å². The summed E-state index contributed by atoms with van der Waals surface area (Å²) >= 11 is 0. The maximum Gasteiger partial charge on any atom is 0.338 e. The number of esters is 1. The van der Waals surface area contributed by atoms with E-state index in [0.717, 1.165) is 16.0 Å². The number of aromatic amines is 1. The van der Waals surface area contributed by atoms with Crippen LogP contribution in [0.25, 0.3) is 0 Å². The average molecular weight is 479 g/mol. The van der Waals surface area contributed by atoms with E-state index in [0.29, 0.717) is 5.56 Å². The van der Waals surface area contributed by atoms with Crippen molar-refractivity contribution in [1.29, 1.82) is 0 Å². The van der Waals surface area contributed by atoms with Crippen LogP contribution in [0.1, 0.15) is 49.2 Å². The molecule has 3 N–H and O–H groups in total. The molecule has 9 heteroatoms. The lowest BCUT2D eigenvalue weighted by molar-refractivity contribution is -0.121. The van der Waals surface area contributed by atoms with Crippen LogP contribution in [-0.2, 0) is 21.5 Å². The molecule has 0 bridgehead atoms. The van der Waals surface area contributed by atoms with Crippen LogP contribution in [-0.4, -0.2) is 34.6 Å². The van der Waals surface area contributed by atoms with Gasteiger partial charge in [0.1, 0.15) is 5.82 Å². The van der Waals surface area contributed by atoms with E-state index in [1.807, 2.05) is 42.5 Å². The SMILES string of the molecule is CCN(C(=O)COC(=O)c1ccc(C(C)(C)C)cc1)c1c(N)n(Cc2ccccc2)c(=O)[nH]c1=O. The summed E-state index contributed by atoms with van der Waals surface area (Å²) in [5.74, 6) is -1.46. The fourth-order valence-corrected chi connectivity index (χ4v) is 3.62. The highest BCUT2D eigenvalue weighted by atomic mass is 16.5. The number of carbonyl (C=O) groups is 2. The number of anilines is 2. The minimum atomic E-state index is -0.795. The van der Waals surface area contributed by atoms with Crippen LogP contribution in [0.15, 0.2) is 64.2 Å². The number of carbonyl (C=O) groups excluding carboxylic acids is 2. The zero-order valence-electron chi connectivity index (χ0n) is 20.3. The Balaban J connectivity index is 1.79. The Morgan fingerprint density at radius 2 is 1.66 bits per heavy atom. The van der Waals surface area contributed by atoms with E-state index in [-0.39, 0.29) is 30.0 Å². The van der Waals surface area contributed by atoms with E-state index in [1.54, 1.807) is 19.1 Å². The number of H-pyrrole nitrogens is 1. The number of nitrogens with two attached hydrogens (primary N) is 1.